The van der Waals surface area contributed by atoms with Crippen molar-refractivity contribution in [2.45, 2.75) is 99.7 Å². The minimum absolute atomic E-state index is 0.187. The Kier molecular flexibility index (Phi) is 9.22. The molecule has 2 aromatic rings. The molecule has 2 aliphatic rings. The molecule has 2 aromatic carbocycles. The van der Waals surface area contributed by atoms with E-state index in [0.717, 1.165) is 44.1 Å². The number of hydrogen-bond donors (Lipinski definition) is 0. The van der Waals surface area contributed by atoms with Crippen molar-refractivity contribution in [3.63, 3.8) is 0 Å². The van der Waals surface area contributed by atoms with Crippen LogP contribution in [0.2, 0.25) is 0 Å². The summed E-state index contributed by atoms with van der Waals surface area (Å²) in [4.78, 5) is 16.1. The molecular weight excluding hydrogens is 510 g/mol. The molecular formula is C32H43NO5S. The lowest BCUT2D eigenvalue weighted by Gasteiger charge is -2.51. The predicted octanol–water partition coefficient (Wildman–Crippen LogP) is 6.95. The lowest BCUT2D eigenvalue weighted by molar-refractivity contribution is -0.0417. The van der Waals surface area contributed by atoms with Crippen molar-refractivity contribution < 1.29 is 22.7 Å². The van der Waals surface area contributed by atoms with Crippen LogP contribution in [-0.2, 0) is 25.9 Å². The summed E-state index contributed by atoms with van der Waals surface area (Å²) in [6, 6.07) is 18.5. The van der Waals surface area contributed by atoms with E-state index < -0.39 is 26.2 Å². The van der Waals surface area contributed by atoms with Crippen molar-refractivity contribution in [1.29, 1.82) is 0 Å². The van der Waals surface area contributed by atoms with Gasteiger partial charge in [0.05, 0.1) is 34.9 Å². The molecule has 6 nitrogen and oxygen atoms in total. The first-order valence-electron chi connectivity index (χ1n) is 14.1. The second-order valence-corrected chi connectivity index (χ2v) is 14.1. The van der Waals surface area contributed by atoms with Gasteiger partial charge in [0.2, 0.25) is 0 Å². The third kappa shape index (κ3) is 6.58. The van der Waals surface area contributed by atoms with Gasteiger partial charge in [-0.3, -0.25) is 4.90 Å². The lowest BCUT2D eigenvalue weighted by atomic mass is 9.69. The molecule has 2 fully saturated rings. The Hall–Kier alpha value is -2.64. The molecule has 1 unspecified atom stereocenters. The van der Waals surface area contributed by atoms with Gasteiger partial charge in [-0.2, -0.15) is 0 Å². The van der Waals surface area contributed by atoms with Gasteiger partial charge in [-0.1, -0.05) is 67.4 Å². The highest BCUT2D eigenvalue weighted by Gasteiger charge is 2.58. The van der Waals surface area contributed by atoms with Crippen LogP contribution in [0, 0.1) is 5.92 Å². The van der Waals surface area contributed by atoms with E-state index in [9.17, 15) is 13.2 Å². The Balaban J connectivity index is 1.69. The molecule has 1 aliphatic heterocycles. The number of allylic oxidation sites excluding steroid dienone is 1. The lowest BCUT2D eigenvalue weighted by Crippen LogP contribution is -2.61. The minimum Gasteiger partial charge on any atom is -0.444 e. The van der Waals surface area contributed by atoms with Crippen LogP contribution in [0.15, 0.2) is 78.2 Å². The Morgan fingerprint density at radius 3 is 2.36 bits per heavy atom. The number of nitrogens with zero attached hydrogens (tertiary/aromatic N) is 1. The van der Waals surface area contributed by atoms with Gasteiger partial charge < -0.3 is 9.47 Å². The zero-order valence-corrected chi connectivity index (χ0v) is 24.4. The van der Waals surface area contributed by atoms with Crippen molar-refractivity contribution in [1.82, 2.24) is 4.90 Å². The molecule has 0 aromatic heterocycles. The van der Waals surface area contributed by atoms with E-state index in [1.54, 1.807) is 30.3 Å². The summed E-state index contributed by atoms with van der Waals surface area (Å²) in [5, 5.41) is -0.674. The maximum Gasteiger partial charge on any atom is 0.411 e. The third-order valence-corrected chi connectivity index (χ3v) is 10.4. The fourth-order valence-corrected chi connectivity index (χ4v) is 8.66. The van der Waals surface area contributed by atoms with E-state index in [1.807, 2.05) is 62.1 Å². The molecule has 1 aliphatic carbocycles. The van der Waals surface area contributed by atoms with E-state index in [4.69, 9.17) is 9.47 Å². The number of amides is 1. The maximum atomic E-state index is 14.1. The normalized spacial score (nSPS) is 24.4. The van der Waals surface area contributed by atoms with Gasteiger partial charge in [0.25, 0.3) is 0 Å². The van der Waals surface area contributed by atoms with Crippen LogP contribution in [0.5, 0.6) is 0 Å². The monoisotopic (exact) mass is 553 g/mol. The van der Waals surface area contributed by atoms with E-state index in [-0.39, 0.29) is 18.1 Å². The molecule has 39 heavy (non-hydrogen) atoms. The molecule has 1 saturated carbocycles. The number of ether oxygens (including phenoxy) is 2. The maximum absolute atomic E-state index is 14.1. The van der Waals surface area contributed by atoms with Gasteiger partial charge in [-0.05, 0) is 76.5 Å². The van der Waals surface area contributed by atoms with Crippen LogP contribution < -0.4 is 0 Å². The van der Waals surface area contributed by atoms with E-state index in [0.29, 0.717) is 24.5 Å². The van der Waals surface area contributed by atoms with Crippen LogP contribution in [-0.4, -0.2) is 48.4 Å². The summed E-state index contributed by atoms with van der Waals surface area (Å²) in [5.74, 6) is -0.235. The molecule has 4 rings (SSSR count). The smallest absolute Gasteiger partial charge is 0.411 e. The van der Waals surface area contributed by atoms with Crippen molar-refractivity contribution in [3.05, 3.63) is 78.9 Å². The zero-order valence-electron chi connectivity index (χ0n) is 23.6. The first-order valence-corrected chi connectivity index (χ1v) is 15.7. The van der Waals surface area contributed by atoms with Crippen molar-refractivity contribution in [2.75, 3.05) is 6.61 Å². The van der Waals surface area contributed by atoms with Gasteiger partial charge in [-0.25, -0.2) is 13.2 Å². The average molecular weight is 554 g/mol. The number of carbonyl (C=O) groups excluding carboxylic acids is 1. The second-order valence-electron chi connectivity index (χ2n) is 11.9. The topological polar surface area (TPSA) is 72.9 Å². The van der Waals surface area contributed by atoms with E-state index >= 15 is 0 Å². The summed E-state index contributed by atoms with van der Waals surface area (Å²) in [6.07, 6.45) is 6.51. The number of rotatable bonds is 9. The van der Waals surface area contributed by atoms with Crippen molar-refractivity contribution >= 4 is 15.9 Å². The van der Waals surface area contributed by atoms with Gasteiger partial charge in [0.15, 0.2) is 9.84 Å². The second kappa shape index (κ2) is 12.3. The SMILES string of the molecule is C=CCC([C@@H]1CCCC[C@]12CC[C@@H](COCc1ccccc1)N2C(=O)OC(C)(C)C)S(=O)(=O)c1ccccc1. The molecule has 7 heteroatoms. The molecule has 1 saturated heterocycles. The fourth-order valence-electron chi connectivity index (χ4n) is 6.56. The molecule has 1 amide bonds. The number of benzene rings is 2. The molecule has 1 heterocycles. The Bertz CT molecular complexity index is 1210. The third-order valence-electron chi connectivity index (χ3n) is 8.15. The summed E-state index contributed by atoms with van der Waals surface area (Å²) in [6.45, 7) is 10.4. The van der Waals surface area contributed by atoms with Crippen LogP contribution in [0.4, 0.5) is 4.79 Å². The summed E-state index contributed by atoms with van der Waals surface area (Å²) >= 11 is 0. The quantitative estimate of drug-likeness (QED) is 0.314. The number of likely N-dealkylation sites (tertiary alicyclic amines) is 1. The molecule has 0 bridgehead atoms. The Morgan fingerprint density at radius 1 is 1.05 bits per heavy atom. The summed E-state index contributed by atoms with van der Waals surface area (Å²) < 4.78 is 40.2. The zero-order chi connectivity index (χ0) is 28.1. The predicted molar refractivity (Wildman–Crippen MR) is 154 cm³/mol. The number of carbonyl (C=O) groups is 1. The van der Waals surface area contributed by atoms with Crippen LogP contribution in [0.3, 0.4) is 0 Å². The van der Waals surface area contributed by atoms with Crippen LogP contribution in [0.25, 0.3) is 0 Å². The molecule has 0 N–H and O–H groups in total. The molecule has 0 radical (unpaired) electrons. The van der Waals surface area contributed by atoms with Crippen molar-refractivity contribution in [2.24, 2.45) is 5.92 Å². The van der Waals surface area contributed by atoms with Gasteiger partial charge in [0, 0.05) is 0 Å². The summed E-state index contributed by atoms with van der Waals surface area (Å²) in [5.41, 5.74) is -0.210. The van der Waals surface area contributed by atoms with Gasteiger partial charge in [0.1, 0.15) is 5.60 Å². The Labute approximate surface area is 234 Å². The summed E-state index contributed by atoms with van der Waals surface area (Å²) in [7, 11) is -3.66. The molecule has 1 spiro atoms. The minimum atomic E-state index is -3.66. The van der Waals surface area contributed by atoms with Gasteiger partial charge in [-0.15, -0.1) is 6.58 Å². The van der Waals surface area contributed by atoms with Crippen molar-refractivity contribution in [3.8, 4) is 0 Å². The largest absolute Gasteiger partial charge is 0.444 e. The first-order chi connectivity index (χ1) is 18.6. The number of sulfone groups is 1. The number of hydrogen-bond acceptors (Lipinski definition) is 5. The van der Waals surface area contributed by atoms with Gasteiger partial charge >= 0.3 is 6.09 Å². The standard InChI is InChI=1S/C32H43NO5S/c1-5-14-29(39(35,36)27-17-10-7-11-18-27)28-19-12-13-21-32(28)22-20-26(33(32)30(34)38-31(2,3)4)24-37-23-25-15-8-6-9-16-25/h5-11,15-18,26,28-29H,1,12-14,19-24H2,2-4H3/t26-,28-,29?,32-/m0/s1. The highest BCUT2D eigenvalue weighted by molar-refractivity contribution is 7.92. The first kappa shape index (κ1) is 29.3. The molecule has 212 valence electrons. The Morgan fingerprint density at radius 2 is 1.72 bits per heavy atom. The van der Waals surface area contributed by atoms with E-state index in [1.165, 1.54) is 0 Å². The fraction of sp³-hybridized carbons (Fsp3) is 0.531. The molecule has 4 atom stereocenters. The highest BCUT2D eigenvalue weighted by atomic mass is 32.2. The van der Waals surface area contributed by atoms with Crippen LogP contribution in [0.1, 0.15) is 71.3 Å². The average Bonchev–Trinajstić information content (AvgIpc) is 3.26. The highest BCUT2D eigenvalue weighted by Crippen LogP contribution is 2.52. The van der Waals surface area contributed by atoms with E-state index in [2.05, 4.69) is 6.58 Å². The van der Waals surface area contributed by atoms with Crippen LogP contribution >= 0.6 is 0 Å².